The molecule has 1 aromatic rings. The molecule has 0 spiro atoms. The van der Waals surface area contributed by atoms with E-state index in [9.17, 15) is 0 Å². The van der Waals surface area contributed by atoms with Gasteiger partial charge >= 0.3 is 0 Å². The molecule has 2 rings (SSSR count). The molecular formula is C13H18N2OS2. The molecule has 0 radical (unpaired) electrons. The highest BCUT2D eigenvalue weighted by atomic mass is 32.2. The maximum atomic E-state index is 5.83. The Bertz CT molecular complexity index is 431. The van der Waals surface area contributed by atoms with Gasteiger partial charge in [0.05, 0.1) is 6.61 Å². The van der Waals surface area contributed by atoms with Crippen LogP contribution in [0.2, 0.25) is 0 Å². The van der Waals surface area contributed by atoms with Gasteiger partial charge in [0.25, 0.3) is 0 Å². The van der Waals surface area contributed by atoms with Gasteiger partial charge in [0.1, 0.15) is 4.99 Å². The second kappa shape index (κ2) is 6.41. The van der Waals surface area contributed by atoms with Crippen LogP contribution in [0.5, 0.6) is 0 Å². The van der Waals surface area contributed by atoms with Gasteiger partial charge in [0.15, 0.2) is 0 Å². The molecule has 1 unspecified atom stereocenters. The molecule has 98 valence electrons. The highest BCUT2D eigenvalue weighted by Crippen LogP contribution is 2.27. The van der Waals surface area contributed by atoms with Gasteiger partial charge < -0.3 is 15.8 Å². The highest BCUT2D eigenvalue weighted by Gasteiger charge is 2.16. The fourth-order valence-corrected chi connectivity index (χ4v) is 3.02. The maximum absolute atomic E-state index is 5.83. The molecule has 1 saturated heterocycles. The van der Waals surface area contributed by atoms with Crippen LogP contribution in [0.4, 0.5) is 5.69 Å². The quantitative estimate of drug-likeness (QED) is 0.642. The lowest BCUT2D eigenvalue weighted by molar-refractivity contribution is 0.187. The number of hydrogen-bond acceptors (Lipinski definition) is 4. The van der Waals surface area contributed by atoms with Crippen LogP contribution < -0.4 is 11.1 Å². The Morgan fingerprint density at radius 1 is 1.61 bits per heavy atom. The van der Waals surface area contributed by atoms with Crippen molar-refractivity contribution in [2.24, 2.45) is 11.7 Å². The molecule has 1 aliphatic rings. The van der Waals surface area contributed by atoms with E-state index in [2.05, 4.69) is 5.32 Å². The Balaban J connectivity index is 2.13. The minimum atomic E-state index is 0.449. The number of rotatable bonds is 5. The second-order valence-corrected chi connectivity index (χ2v) is 5.65. The van der Waals surface area contributed by atoms with Crippen LogP contribution in [-0.2, 0) is 4.74 Å². The number of anilines is 1. The van der Waals surface area contributed by atoms with Gasteiger partial charge in [-0.1, -0.05) is 18.3 Å². The number of ether oxygens (including phenoxy) is 1. The lowest BCUT2D eigenvalue weighted by atomic mass is 10.1. The van der Waals surface area contributed by atoms with Crippen molar-refractivity contribution in [1.29, 1.82) is 0 Å². The van der Waals surface area contributed by atoms with Gasteiger partial charge in [-0.15, -0.1) is 11.8 Å². The van der Waals surface area contributed by atoms with Crippen molar-refractivity contribution < 1.29 is 4.74 Å². The van der Waals surface area contributed by atoms with Crippen molar-refractivity contribution in [3.05, 3.63) is 23.8 Å². The van der Waals surface area contributed by atoms with Gasteiger partial charge in [-0.25, -0.2) is 0 Å². The molecule has 18 heavy (non-hydrogen) atoms. The average molecular weight is 282 g/mol. The Hall–Kier alpha value is -0.780. The molecule has 1 aliphatic heterocycles. The molecule has 1 heterocycles. The second-order valence-electron chi connectivity index (χ2n) is 4.36. The number of nitrogens with two attached hydrogens (primary N) is 1. The van der Waals surface area contributed by atoms with E-state index in [0.29, 0.717) is 10.9 Å². The Morgan fingerprint density at radius 3 is 3.06 bits per heavy atom. The van der Waals surface area contributed by atoms with Crippen molar-refractivity contribution in [3.63, 3.8) is 0 Å². The van der Waals surface area contributed by atoms with Gasteiger partial charge in [-0.2, -0.15) is 0 Å². The molecule has 1 fully saturated rings. The van der Waals surface area contributed by atoms with E-state index in [-0.39, 0.29) is 0 Å². The normalized spacial score (nSPS) is 18.8. The highest BCUT2D eigenvalue weighted by molar-refractivity contribution is 7.98. The SMILES string of the molecule is CSc1cccc(NCC2CCOC2)c1C(N)=S. The summed E-state index contributed by atoms with van der Waals surface area (Å²) in [6.07, 6.45) is 3.16. The third-order valence-corrected chi connectivity index (χ3v) is 4.08. The predicted octanol–water partition coefficient (Wildman–Crippen LogP) is 2.49. The molecular weight excluding hydrogens is 264 g/mol. The van der Waals surface area contributed by atoms with Crippen LogP contribution in [0.25, 0.3) is 0 Å². The molecule has 0 aliphatic carbocycles. The molecule has 1 aromatic carbocycles. The van der Waals surface area contributed by atoms with E-state index >= 15 is 0 Å². The lowest BCUT2D eigenvalue weighted by Crippen LogP contribution is -2.18. The first kappa shape index (κ1) is 13.6. The zero-order chi connectivity index (χ0) is 13.0. The zero-order valence-electron chi connectivity index (χ0n) is 10.4. The van der Waals surface area contributed by atoms with Crippen LogP contribution in [0, 0.1) is 5.92 Å². The number of nitrogens with one attached hydrogen (secondary N) is 1. The van der Waals surface area contributed by atoms with E-state index in [1.807, 2.05) is 24.5 Å². The van der Waals surface area contributed by atoms with Crippen LogP contribution >= 0.6 is 24.0 Å². The van der Waals surface area contributed by atoms with Crippen molar-refractivity contribution in [2.75, 3.05) is 31.3 Å². The molecule has 5 heteroatoms. The third-order valence-electron chi connectivity index (χ3n) is 3.10. The van der Waals surface area contributed by atoms with Crippen LogP contribution in [0.1, 0.15) is 12.0 Å². The van der Waals surface area contributed by atoms with E-state index in [1.54, 1.807) is 11.8 Å². The van der Waals surface area contributed by atoms with Crippen LogP contribution in [0.3, 0.4) is 0 Å². The van der Waals surface area contributed by atoms with E-state index in [0.717, 1.165) is 42.3 Å². The fourth-order valence-electron chi connectivity index (χ4n) is 2.10. The lowest BCUT2D eigenvalue weighted by Gasteiger charge is -2.16. The van der Waals surface area contributed by atoms with Crippen molar-refractivity contribution in [2.45, 2.75) is 11.3 Å². The van der Waals surface area contributed by atoms with Gasteiger partial charge in [0, 0.05) is 35.2 Å². The van der Waals surface area contributed by atoms with Crippen LogP contribution in [-0.4, -0.2) is 31.0 Å². The van der Waals surface area contributed by atoms with Gasteiger partial charge in [0.2, 0.25) is 0 Å². The predicted molar refractivity (Wildman–Crippen MR) is 81.5 cm³/mol. The van der Waals surface area contributed by atoms with Gasteiger partial charge in [-0.3, -0.25) is 0 Å². The summed E-state index contributed by atoms with van der Waals surface area (Å²) < 4.78 is 5.37. The molecule has 0 bridgehead atoms. The number of thioether (sulfide) groups is 1. The molecule has 1 atom stereocenters. The zero-order valence-corrected chi connectivity index (χ0v) is 12.1. The minimum Gasteiger partial charge on any atom is -0.389 e. The first-order valence-corrected chi connectivity index (χ1v) is 7.64. The first-order chi connectivity index (χ1) is 8.72. The average Bonchev–Trinajstić information content (AvgIpc) is 2.88. The largest absolute Gasteiger partial charge is 0.389 e. The Labute approximate surface area is 117 Å². The monoisotopic (exact) mass is 282 g/mol. The third kappa shape index (κ3) is 3.16. The Kier molecular flexibility index (Phi) is 4.86. The first-order valence-electron chi connectivity index (χ1n) is 6.00. The summed E-state index contributed by atoms with van der Waals surface area (Å²) in [6.45, 7) is 2.63. The minimum absolute atomic E-state index is 0.449. The van der Waals surface area contributed by atoms with Crippen LogP contribution in [0.15, 0.2) is 23.1 Å². The number of thiocarbonyl (C=S) groups is 1. The fraction of sp³-hybridized carbons (Fsp3) is 0.462. The van der Waals surface area contributed by atoms with Gasteiger partial charge in [-0.05, 0) is 24.8 Å². The summed E-state index contributed by atoms with van der Waals surface area (Å²) in [5, 5.41) is 3.45. The molecule has 3 N–H and O–H groups in total. The molecule has 0 amide bonds. The summed E-state index contributed by atoms with van der Waals surface area (Å²) >= 11 is 6.82. The smallest absolute Gasteiger partial charge is 0.107 e. The standard InChI is InChI=1S/C13H18N2OS2/c1-18-11-4-2-3-10(12(11)13(14)17)15-7-9-5-6-16-8-9/h2-4,9,15H,5-8H2,1H3,(H2,14,17). The molecule has 3 nitrogen and oxygen atoms in total. The summed E-state index contributed by atoms with van der Waals surface area (Å²) in [5.41, 5.74) is 7.81. The van der Waals surface area contributed by atoms with E-state index < -0.39 is 0 Å². The van der Waals surface area contributed by atoms with Crippen molar-refractivity contribution in [1.82, 2.24) is 0 Å². The van der Waals surface area contributed by atoms with Crippen molar-refractivity contribution >= 4 is 34.7 Å². The topological polar surface area (TPSA) is 47.3 Å². The molecule has 0 saturated carbocycles. The van der Waals surface area contributed by atoms with E-state index in [1.165, 1.54) is 0 Å². The summed E-state index contributed by atoms with van der Waals surface area (Å²) in [6, 6.07) is 6.11. The number of benzene rings is 1. The summed E-state index contributed by atoms with van der Waals surface area (Å²) in [5.74, 6) is 0.585. The van der Waals surface area contributed by atoms with E-state index in [4.69, 9.17) is 22.7 Å². The van der Waals surface area contributed by atoms with Crippen molar-refractivity contribution in [3.8, 4) is 0 Å². The Morgan fingerprint density at radius 2 is 2.44 bits per heavy atom. The summed E-state index contributed by atoms with van der Waals surface area (Å²) in [4.78, 5) is 1.57. The molecule has 0 aromatic heterocycles. The number of hydrogen-bond donors (Lipinski definition) is 2. The summed E-state index contributed by atoms with van der Waals surface area (Å²) in [7, 11) is 0. The maximum Gasteiger partial charge on any atom is 0.107 e.